The van der Waals surface area contributed by atoms with Crippen LogP contribution in [0.15, 0.2) is 61.2 Å². The fourth-order valence-electron chi connectivity index (χ4n) is 3.20. The molecule has 1 heterocycles. The smallest absolute Gasteiger partial charge is 0.367 e. The van der Waals surface area contributed by atoms with Crippen LogP contribution in [0.5, 0.6) is 0 Å². The van der Waals surface area contributed by atoms with Gasteiger partial charge in [0.1, 0.15) is 0 Å². The second-order valence-electron chi connectivity index (χ2n) is 6.23. The number of rotatable bonds is 4. The second kappa shape index (κ2) is 7.23. The van der Waals surface area contributed by atoms with Crippen LogP contribution < -0.4 is 10.2 Å². The van der Waals surface area contributed by atoms with Crippen LogP contribution in [0.4, 0.5) is 18.9 Å². The number of alkyl halides is 3. The molecule has 0 fully saturated rings. The molecule has 1 aliphatic rings. The van der Waals surface area contributed by atoms with Gasteiger partial charge in [0, 0.05) is 18.8 Å². The molecule has 1 N–H and O–H groups in total. The number of benzene rings is 2. The van der Waals surface area contributed by atoms with Crippen LogP contribution in [0.3, 0.4) is 0 Å². The first kappa shape index (κ1) is 18.0. The highest BCUT2D eigenvalue weighted by atomic mass is 19.4. The summed E-state index contributed by atoms with van der Waals surface area (Å²) in [5, 5.41) is 2.92. The van der Waals surface area contributed by atoms with E-state index in [-0.39, 0.29) is 11.9 Å². The number of hydrogen-bond donors (Lipinski definition) is 1. The normalized spacial score (nSPS) is 16.7. The van der Waals surface area contributed by atoms with Crippen molar-refractivity contribution >= 4 is 11.6 Å². The standard InChI is InChI=1S/C20H19F3N2O/c1-2-19(26)24-17-11-12-25(18-6-4-3-5-16(17)18)13-14-7-9-15(10-8-14)20(21,22)23/h2-10,17H,1,11-13H2,(H,24,26)/t17-/m1/s1. The lowest BCUT2D eigenvalue weighted by Crippen LogP contribution is -2.37. The van der Waals surface area contributed by atoms with E-state index in [1.807, 2.05) is 24.3 Å². The molecule has 0 saturated heterocycles. The summed E-state index contributed by atoms with van der Waals surface area (Å²) in [7, 11) is 0. The number of amides is 1. The molecule has 0 saturated carbocycles. The molecule has 0 aliphatic carbocycles. The maximum Gasteiger partial charge on any atom is 0.416 e. The Hall–Kier alpha value is -2.76. The number of halogens is 3. The Morgan fingerprint density at radius 1 is 1.19 bits per heavy atom. The van der Waals surface area contributed by atoms with Gasteiger partial charge in [-0.15, -0.1) is 0 Å². The van der Waals surface area contributed by atoms with E-state index in [0.29, 0.717) is 13.1 Å². The molecule has 1 amide bonds. The largest absolute Gasteiger partial charge is 0.416 e. The number of nitrogens with one attached hydrogen (secondary N) is 1. The molecular formula is C20H19F3N2O. The first-order valence-electron chi connectivity index (χ1n) is 8.31. The maximum atomic E-state index is 12.7. The van der Waals surface area contributed by atoms with Crippen molar-refractivity contribution in [3.63, 3.8) is 0 Å². The zero-order valence-corrected chi connectivity index (χ0v) is 14.1. The van der Waals surface area contributed by atoms with Crippen LogP contribution in [-0.2, 0) is 17.5 Å². The van der Waals surface area contributed by atoms with E-state index in [1.54, 1.807) is 0 Å². The summed E-state index contributed by atoms with van der Waals surface area (Å²) >= 11 is 0. The highest BCUT2D eigenvalue weighted by molar-refractivity contribution is 5.87. The minimum atomic E-state index is -4.33. The van der Waals surface area contributed by atoms with Gasteiger partial charge >= 0.3 is 6.18 Å². The number of para-hydroxylation sites is 1. The summed E-state index contributed by atoms with van der Waals surface area (Å²) in [6.07, 6.45) is -2.36. The van der Waals surface area contributed by atoms with Crippen LogP contribution in [0.25, 0.3) is 0 Å². The first-order valence-corrected chi connectivity index (χ1v) is 8.31. The summed E-state index contributed by atoms with van der Waals surface area (Å²) < 4.78 is 38.1. The van der Waals surface area contributed by atoms with E-state index in [1.165, 1.54) is 18.2 Å². The van der Waals surface area contributed by atoms with Gasteiger partial charge in [-0.25, -0.2) is 0 Å². The minimum absolute atomic E-state index is 0.0967. The average Bonchev–Trinajstić information content (AvgIpc) is 2.63. The van der Waals surface area contributed by atoms with E-state index in [4.69, 9.17) is 0 Å². The summed E-state index contributed by atoms with van der Waals surface area (Å²) in [5.74, 6) is -0.221. The van der Waals surface area contributed by atoms with Gasteiger partial charge in [0.05, 0.1) is 11.6 Å². The molecule has 1 atom stereocenters. The van der Waals surface area contributed by atoms with Crippen LogP contribution in [-0.4, -0.2) is 12.5 Å². The van der Waals surface area contributed by atoms with Crippen LogP contribution in [0, 0.1) is 0 Å². The Morgan fingerprint density at radius 2 is 1.88 bits per heavy atom. The molecule has 1 aliphatic heterocycles. The average molecular weight is 360 g/mol. The fourth-order valence-corrected chi connectivity index (χ4v) is 3.20. The van der Waals surface area contributed by atoms with Crippen molar-refractivity contribution in [1.82, 2.24) is 5.32 Å². The number of fused-ring (bicyclic) bond motifs is 1. The molecule has 0 aromatic heterocycles. The number of carbonyl (C=O) groups is 1. The van der Waals surface area contributed by atoms with Gasteiger partial charge in [-0.3, -0.25) is 4.79 Å². The van der Waals surface area contributed by atoms with Crippen molar-refractivity contribution in [3.05, 3.63) is 77.9 Å². The molecule has 0 bridgehead atoms. The van der Waals surface area contributed by atoms with Crippen LogP contribution in [0.1, 0.15) is 29.2 Å². The van der Waals surface area contributed by atoms with Crippen molar-refractivity contribution in [2.75, 3.05) is 11.4 Å². The zero-order valence-electron chi connectivity index (χ0n) is 14.1. The number of hydrogen-bond acceptors (Lipinski definition) is 2. The maximum absolute atomic E-state index is 12.7. The lowest BCUT2D eigenvalue weighted by atomic mass is 9.95. The molecule has 2 aromatic carbocycles. The Morgan fingerprint density at radius 3 is 2.54 bits per heavy atom. The predicted molar refractivity (Wildman–Crippen MR) is 94.6 cm³/mol. The SMILES string of the molecule is C=CC(=O)N[C@@H]1CCN(Cc2ccc(C(F)(F)F)cc2)c2ccccc21. The predicted octanol–water partition coefficient (Wildman–Crippen LogP) is 4.46. The quantitative estimate of drug-likeness (QED) is 0.817. The van der Waals surface area contributed by atoms with Crippen molar-refractivity contribution < 1.29 is 18.0 Å². The van der Waals surface area contributed by atoms with Crippen molar-refractivity contribution in [1.29, 1.82) is 0 Å². The van der Waals surface area contributed by atoms with Crippen molar-refractivity contribution in [2.24, 2.45) is 0 Å². The molecule has 2 aromatic rings. The Kier molecular flexibility index (Phi) is 5.02. The van der Waals surface area contributed by atoms with E-state index < -0.39 is 11.7 Å². The summed E-state index contributed by atoms with van der Waals surface area (Å²) in [6, 6.07) is 12.9. The third kappa shape index (κ3) is 3.90. The first-order chi connectivity index (χ1) is 12.4. The molecule has 26 heavy (non-hydrogen) atoms. The van der Waals surface area contributed by atoms with Gasteiger partial charge in [-0.2, -0.15) is 13.2 Å². The Balaban J connectivity index is 1.79. The van der Waals surface area contributed by atoms with Gasteiger partial charge in [-0.1, -0.05) is 36.9 Å². The number of carbonyl (C=O) groups excluding carboxylic acids is 1. The fraction of sp³-hybridized carbons (Fsp3) is 0.250. The monoisotopic (exact) mass is 360 g/mol. The molecule has 3 rings (SSSR count). The van der Waals surface area contributed by atoms with Crippen molar-refractivity contribution in [3.8, 4) is 0 Å². The highest BCUT2D eigenvalue weighted by Gasteiger charge is 2.30. The summed E-state index contributed by atoms with van der Waals surface area (Å²) in [5.41, 5.74) is 2.14. The molecular weight excluding hydrogens is 341 g/mol. The van der Waals surface area contributed by atoms with E-state index >= 15 is 0 Å². The molecule has 136 valence electrons. The Bertz CT molecular complexity index is 799. The molecule has 3 nitrogen and oxygen atoms in total. The van der Waals surface area contributed by atoms with Crippen molar-refractivity contribution in [2.45, 2.75) is 25.2 Å². The summed E-state index contributed by atoms with van der Waals surface area (Å²) in [4.78, 5) is 13.8. The van der Waals surface area contributed by atoms with E-state index in [9.17, 15) is 18.0 Å². The summed E-state index contributed by atoms with van der Waals surface area (Å²) in [6.45, 7) is 4.68. The Labute approximate surface area is 150 Å². The van der Waals surface area contributed by atoms with E-state index in [2.05, 4.69) is 16.8 Å². The molecule has 0 unspecified atom stereocenters. The number of anilines is 1. The third-order valence-electron chi connectivity index (χ3n) is 4.50. The molecule has 6 heteroatoms. The van der Waals surface area contributed by atoms with Gasteiger partial charge < -0.3 is 10.2 Å². The molecule has 0 radical (unpaired) electrons. The van der Waals surface area contributed by atoms with Crippen LogP contribution in [0.2, 0.25) is 0 Å². The topological polar surface area (TPSA) is 32.3 Å². The van der Waals surface area contributed by atoms with Gasteiger partial charge in [-0.05, 0) is 41.8 Å². The molecule has 0 spiro atoms. The van der Waals surface area contributed by atoms with Crippen LogP contribution >= 0.6 is 0 Å². The zero-order chi connectivity index (χ0) is 18.7. The van der Waals surface area contributed by atoms with Gasteiger partial charge in [0.25, 0.3) is 0 Å². The highest BCUT2D eigenvalue weighted by Crippen LogP contribution is 2.35. The van der Waals surface area contributed by atoms with Gasteiger partial charge in [0.15, 0.2) is 0 Å². The lowest BCUT2D eigenvalue weighted by molar-refractivity contribution is -0.137. The minimum Gasteiger partial charge on any atom is -0.367 e. The van der Waals surface area contributed by atoms with Gasteiger partial charge in [0.2, 0.25) is 5.91 Å². The second-order valence-corrected chi connectivity index (χ2v) is 6.23. The lowest BCUT2D eigenvalue weighted by Gasteiger charge is -2.36. The third-order valence-corrected chi connectivity index (χ3v) is 4.50. The number of nitrogens with zero attached hydrogens (tertiary/aromatic N) is 1. The van der Waals surface area contributed by atoms with E-state index in [0.717, 1.165) is 35.4 Å².